The maximum absolute atomic E-state index is 11.1. The monoisotopic (exact) mass is 486 g/mol. The summed E-state index contributed by atoms with van der Waals surface area (Å²) in [6.07, 6.45) is 0.885. The predicted octanol–water partition coefficient (Wildman–Crippen LogP) is 3.82. The highest BCUT2D eigenvalue weighted by Crippen LogP contribution is 2.11. The van der Waals surface area contributed by atoms with Crippen molar-refractivity contribution in [2.24, 2.45) is 4.99 Å². The molecule has 0 fully saturated rings. The van der Waals surface area contributed by atoms with Gasteiger partial charge in [0.25, 0.3) is 0 Å². The number of benzene rings is 2. The van der Waals surface area contributed by atoms with Gasteiger partial charge in [-0.05, 0) is 41.8 Å². The average molecular weight is 487 g/mol. The minimum Gasteiger partial charge on any atom is -0.356 e. The summed E-state index contributed by atoms with van der Waals surface area (Å²) >= 11 is 5.89. The number of guanidine groups is 1. The lowest BCUT2D eigenvalue weighted by molar-refractivity contribution is -0.114. The van der Waals surface area contributed by atoms with E-state index >= 15 is 0 Å². The van der Waals surface area contributed by atoms with Gasteiger partial charge in [0.05, 0.1) is 0 Å². The third-order valence-electron chi connectivity index (χ3n) is 3.55. The number of anilines is 1. The third-order valence-corrected chi connectivity index (χ3v) is 3.80. The van der Waals surface area contributed by atoms with Crippen molar-refractivity contribution >= 4 is 53.1 Å². The van der Waals surface area contributed by atoms with Crippen LogP contribution in [0.15, 0.2) is 53.5 Å². The minimum atomic E-state index is -0.0789. The lowest BCUT2D eigenvalue weighted by Gasteiger charge is -2.12. The number of hydrogen-bond acceptors (Lipinski definition) is 2. The van der Waals surface area contributed by atoms with Crippen molar-refractivity contribution in [2.45, 2.75) is 19.9 Å². The lowest BCUT2D eigenvalue weighted by Crippen LogP contribution is -2.37. The number of carbonyl (C=O) groups excluding carboxylic acids is 1. The van der Waals surface area contributed by atoms with E-state index in [2.05, 4.69) is 20.9 Å². The Balaban J connectivity index is 0.00000338. The molecule has 0 aliphatic carbocycles. The van der Waals surface area contributed by atoms with Crippen LogP contribution in [-0.2, 0) is 17.8 Å². The maximum atomic E-state index is 11.1. The van der Waals surface area contributed by atoms with Crippen LogP contribution in [0.2, 0.25) is 5.02 Å². The van der Waals surface area contributed by atoms with E-state index < -0.39 is 0 Å². The quantitative estimate of drug-likeness (QED) is 0.330. The number of halogens is 2. The molecule has 0 aliphatic heterocycles. The summed E-state index contributed by atoms with van der Waals surface area (Å²) < 4.78 is 0. The van der Waals surface area contributed by atoms with Gasteiger partial charge in [0.15, 0.2) is 5.96 Å². The first kappa shape index (κ1) is 22.2. The summed E-state index contributed by atoms with van der Waals surface area (Å²) in [6, 6.07) is 15.6. The SMILES string of the molecule is CN=C(NCCc1ccc(Cl)cc1)NCc1cccc(NC(C)=O)c1.I. The summed E-state index contributed by atoms with van der Waals surface area (Å²) in [5.41, 5.74) is 3.07. The molecule has 2 rings (SSSR count). The van der Waals surface area contributed by atoms with Gasteiger partial charge < -0.3 is 16.0 Å². The van der Waals surface area contributed by atoms with Crippen LogP contribution in [-0.4, -0.2) is 25.5 Å². The Kier molecular flexibility index (Phi) is 10.0. The van der Waals surface area contributed by atoms with Crippen molar-refractivity contribution in [2.75, 3.05) is 18.9 Å². The molecule has 0 radical (unpaired) electrons. The van der Waals surface area contributed by atoms with Crippen molar-refractivity contribution in [3.05, 3.63) is 64.7 Å². The molecule has 0 bridgehead atoms. The van der Waals surface area contributed by atoms with Crippen molar-refractivity contribution in [1.29, 1.82) is 0 Å². The molecule has 140 valence electrons. The highest BCUT2D eigenvalue weighted by Gasteiger charge is 2.01. The number of carbonyl (C=O) groups is 1. The fourth-order valence-corrected chi connectivity index (χ4v) is 2.47. The first-order chi connectivity index (χ1) is 12.1. The van der Waals surface area contributed by atoms with E-state index in [1.807, 2.05) is 48.5 Å². The summed E-state index contributed by atoms with van der Waals surface area (Å²) in [4.78, 5) is 15.4. The van der Waals surface area contributed by atoms with E-state index in [9.17, 15) is 4.79 Å². The van der Waals surface area contributed by atoms with Gasteiger partial charge in [-0.1, -0.05) is 35.9 Å². The van der Waals surface area contributed by atoms with Gasteiger partial charge >= 0.3 is 0 Å². The van der Waals surface area contributed by atoms with Crippen LogP contribution in [0.5, 0.6) is 0 Å². The predicted molar refractivity (Wildman–Crippen MR) is 120 cm³/mol. The van der Waals surface area contributed by atoms with Crippen LogP contribution in [0.3, 0.4) is 0 Å². The van der Waals surface area contributed by atoms with Crippen LogP contribution in [0.1, 0.15) is 18.1 Å². The van der Waals surface area contributed by atoms with Crippen LogP contribution < -0.4 is 16.0 Å². The van der Waals surface area contributed by atoms with Crippen LogP contribution in [0.25, 0.3) is 0 Å². The van der Waals surface area contributed by atoms with Crippen molar-refractivity contribution in [3.8, 4) is 0 Å². The summed E-state index contributed by atoms with van der Waals surface area (Å²) in [5, 5.41) is 10.1. The maximum Gasteiger partial charge on any atom is 0.221 e. The number of hydrogen-bond donors (Lipinski definition) is 3. The Morgan fingerprint density at radius 3 is 2.46 bits per heavy atom. The molecule has 1 amide bonds. The molecule has 0 saturated carbocycles. The molecular weight excluding hydrogens is 463 g/mol. The van der Waals surface area contributed by atoms with Gasteiger partial charge in [-0.3, -0.25) is 9.79 Å². The number of aliphatic imine (C=N–C) groups is 1. The van der Waals surface area contributed by atoms with Gasteiger partial charge in [0, 0.05) is 37.8 Å². The van der Waals surface area contributed by atoms with E-state index in [1.165, 1.54) is 12.5 Å². The first-order valence-corrected chi connectivity index (χ1v) is 8.50. The van der Waals surface area contributed by atoms with E-state index in [-0.39, 0.29) is 29.9 Å². The van der Waals surface area contributed by atoms with E-state index in [1.54, 1.807) is 7.05 Å². The topological polar surface area (TPSA) is 65.5 Å². The molecule has 26 heavy (non-hydrogen) atoms. The molecular formula is C19H24ClIN4O. The van der Waals surface area contributed by atoms with Gasteiger partial charge in [-0.15, -0.1) is 24.0 Å². The molecule has 0 unspecified atom stereocenters. The largest absolute Gasteiger partial charge is 0.356 e. The van der Waals surface area contributed by atoms with Crippen LogP contribution >= 0.6 is 35.6 Å². The molecule has 0 saturated heterocycles. The van der Waals surface area contributed by atoms with Crippen LogP contribution in [0.4, 0.5) is 5.69 Å². The average Bonchev–Trinajstić information content (AvgIpc) is 2.59. The van der Waals surface area contributed by atoms with E-state index in [0.29, 0.717) is 6.54 Å². The Morgan fingerprint density at radius 1 is 1.08 bits per heavy atom. The van der Waals surface area contributed by atoms with Gasteiger partial charge in [0.2, 0.25) is 5.91 Å². The zero-order chi connectivity index (χ0) is 18.1. The Hall–Kier alpha value is -1.80. The van der Waals surface area contributed by atoms with Gasteiger partial charge in [-0.2, -0.15) is 0 Å². The fourth-order valence-electron chi connectivity index (χ4n) is 2.35. The second kappa shape index (κ2) is 11.7. The molecule has 0 aliphatic rings. The number of amides is 1. The highest BCUT2D eigenvalue weighted by molar-refractivity contribution is 14.0. The summed E-state index contributed by atoms with van der Waals surface area (Å²) in [5.74, 6) is 0.656. The van der Waals surface area contributed by atoms with Crippen molar-refractivity contribution < 1.29 is 4.79 Å². The minimum absolute atomic E-state index is 0. The molecule has 2 aromatic carbocycles. The first-order valence-electron chi connectivity index (χ1n) is 8.12. The molecule has 3 N–H and O–H groups in total. The molecule has 0 heterocycles. The number of rotatable bonds is 6. The number of nitrogens with one attached hydrogen (secondary N) is 3. The van der Waals surface area contributed by atoms with Gasteiger partial charge in [0.1, 0.15) is 0 Å². The second-order valence-corrected chi connectivity index (χ2v) is 6.05. The smallest absolute Gasteiger partial charge is 0.221 e. The molecule has 0 aromatic heterocycles. The van der Waals surface area contributed by atoms with Crippen LogP contribution in [0, 0.1) is 0 Å². The van der Waals surface area contributed by atoms with Crippen molar-refractivity contribution in [1.82, 2.24) is 10.6 Å². The molecule has 0 atom stereocenters. The molecule has 2 aromatic rings. The molecule has 7 heteroatoms. The Bertz CT molecular complexity index is 735. The number of nitrogens with zero attached hydrogens (tertiary/aromatic N) is 1. The lowest BCUT2D eigenvalue weighted by atomic mass is 10.1. The van der Waals surface area contributed by atoms with Crippen molar-refractivity contribution in [3.63, 3.8) is 0 Å². The Labute approximate surface area is 176 Å². The summed E-state index contributed by atoms with van der Waals surface area (Å²) in [7, 11) is 1.74. The van der Waals surface area contributed by atoms with E-state index in [0.717, 1.165) is 35.2 Å². The zero-order valence-corrected chi connectivity index (χ0v) is 18.0. The molecule has 5 nitrogen and oxygen atoms in total. The Morgan fingerprint density at radius 2 is 1.81 bits per heavy atom. The van der Waals surface area contributed by atoms with Gasteiger partial charge in [-0.25, -0.2) is 0 Å². The molecule has 0 spiro atoms. The zero-order valence-electron chi connectivity index (χ0n) is 14.9. The normalized spacial score (nSPS) is 10.7. The van der Waals surface area contributed by atoms with E-state index in [4.69, 9.17) is 11.6 Å². The standard InChI is InChI=1S/C19H23ClN4O.HI/c1-14(25)24-18-5-3-4-16(12-18)13-23-19(21-2)22-11-10-15-6-8-17(20)9-7-15;/h3-9,12H,10-11,13H2,1-2H3,(H,24,25)(H2,21,22,23);1H. The summed E-state index contributed by atoms with van der Waals surface area (Å²) in [6.45, 7) is 2.89. The fraction of sp³-hybridized carbons (Fsp3) is 0.263. The second-order valence-electron chi connectivity index (χ2n) is 5.61. The third kappa shape index (κ3) is 8.05. The highest BCUT2D eigenvalue weighted by atomic mass is 127.